The Kier molecular flexibility index (Phi) is 3.96. The monoisotopic (exact) mass is 237 g/mol. The van der Waals surface area contributed by atoms with Crippen molar-refractivity contribution in [2.45, 2.75) is 26.7 Å². The highest BCUT2D eigenvalue weighted by molar-refractivity contribution is 7.15. The molecule has 4 heteroatoms. The van der Waals surface area contributed by atoms with Crippen LogP contribution in [-0.2, 0) is 6.42 Å². The maximum atomic E-state index is 4.62. The van der Waals surface area contributed by atoms with Crippen molar-refractivity contribution in [1.29, 1.82) is 0 Å². The van der Waals surface area contributed by atoms with Crippen molar-refractivity contribution in [3.8, 4) is 0 Å². The first kappa shape index (κ1) is 11.6. The number of nitrogens with one attached hydrogen (secondary N) is 1. The van der Waals surface area contributed by atoms with Crippen LogP contribution < -0.4 is 5.32 Å². The Bertz CT molecular complexity index is 404. The zero-order chi connectivity index (χ0) is 11.4. The molecule has 0 amide bonds. The lowest BCUT2D eigenvalue weighted by Crippen LogP contribution is -2.23. The number of rotatable bonds is 6. The lowest BCUT2D eigenvalue weighted by molar-refractivity contribution is 0.464. The van der Waals surface area contributed by atoms with E-state index in [4.69, 9.17) is 0 Å². The van der Waals surface area contributed by atoms with E-state index in [0.29, 0.717) is 5.92 Å². The molecule has 2 aromatic heterocycles. The molecule has 2 aromatic rings. The molecule has 0 aromatic carbocycles. The standard InChI is InChI=1S/C12H19N3S/c1-3-10(8-13-4-2)7-11-9-15-5-6-16-12(15)14-11/h5-6,9-10,13H,3-4,7-8H2,1-2H3. The van der Waals surface area contributed by atoms with Crippen molar-refractivity contribution >= 4 is 16.3 Å². The second kappa shape index (κ2) is 5.46. The zero-order valence-electron chi connectivity index (χ0n) is 9.94. The number of aromatic nitrogens is 2. The fourth-order valence-electron chi connectivity index (χ4n) is 1.88. The van der Waals surface area contributed by atoms with Crippen molar-refractivity contribution in [1.82, 2.24) is 14.7 Å². The van der Waals surface area contributed by atoms with Gasteiger partial charge in [0.1, 0.15) is 0 Å². The number of hydrogen-bond acceptors (Lipinski definition) is 3. The molecule has 0 saturated carbocycles. The highest BCUT2D eigenvalue weighted by atomic mass is 32.1. The van der Waals surface area contributed by atoms with Crippen molar-refractivity contribution in [3.05, 3.63) is 23.5 Å². The van der Waals surface area contributed by atoms with Gasteiger partial charge < -0.3 is 5.32 Å². The minimum atomic E-state index is 0.699. The van der Waals surface area contributed by atoms with Gasteiger partial charge in [-0.05, 0) is 25.4 Å². The number of nitrogens with zero attached hydrogens (tertiary/aromatic N) is 2. The molecule has 0 spiro atoms. The van der Waals surface area contributed by atoms with Gasteiger partial charge in [0.15, 0.2) is 4.96 Å². The summed E-state index contributed by atoms with van der Waals surface area (Å²) in [7, 11) is 0. The average molecular weight is 237 g/mol. The number of hydrogen-bond donors (Lipinski definition) is 1. The van der Waals surface area contributed by atoms with Crippen LogP contribution in [-0.4, -0.2) is 22.5 Å². The molecule has 1 N–H and O–H groups in total. The van der Waals surface area contributed by atoms with Gasteiger partial charge in [-0.25, -0.2) is 4.98 Å². The van der Waals surface area contributed by atoms with E-state index in [1.54, 1.807) is 11.3 Å². The van der Waals surface area contributed by atoms with Gasteiger partial charge in [0.2, 0.25) is 0 Å². The van der Waals surface area contributed by atoms with Crippen molar-refractivity contribution < 1.29 is 0 Å². The quantitative estimate of drug-likeness (QED) is 0.836. The summed E-state index contributed by atoms with van der Waals surface area (Å²) in [6, 6.07) is 0. The molecule has 0 saturated heterocycles. The summed E-state index contributed by atoms with van der Waals surface area (Å²) >= 11 is 1.70. The predicted molar refractivity (Wildman–Crippen MR) is 69.1 cm³/mol. The van der Waals surface area contributed by atoms with Crippen LogP contribution in [0.5, 0.6) is 0 Å². The van der Waals surface area contributed by atoms with Crippen molar-refractivity contribution in [3.63, 3.8) is 0 Å². The third-order valence-corrected chi connectivity index (χ3v) is 3.67. The van der Waals surface area contributed by atoms with E-state index in [1.165, 1.54) is 12.1 Å². The first-order chi connectivity index (χ1) is 7.83. The molecule has 0 bridgehead atoms. The molecule has 16 heavy (non-hydrogen) atoms. The van der Waals surface area contributed by atoms with E-state index < -0.39 is 0 Å². The molecule has 2 rings (SSSR count). The summed E-state index contributed by atoms with van der Waals surface area (Å²) in [4.78, 5) is 5.73. The topological polar surface area (TPSA) is 29.3 Å². The van der Waals surface area contributed by atoms with Gasteiger partial charge in [0.05, 0.1) is 5.69 Å². The average Bonchev–Trinajstić information content (AvgIpc) is 2.84. The second-order valence-electron chi connectivity index (χ2n) is 4.11. The van der Waals surface area contributed by atoms with E-state index in [0.717, 1.165) is 24.5 Å². The van der Waals surface area contributed by atoms with Crippen LogP contribution in [0.4, 0.5) is 0 Å². The van der Waals surface area contributed by atoms with Crippen LogP contribution in [0.15, 0.2) is 17.8 Å². The Hall–Kier alpha value is -0.870. The van der Waals surface area contributed by atoms with Crippen LogP contribution >= 0.6 is 11.3 Å². The summed E-state index contributed by atoms with van der Waals surface area (Å²) in [5, 5.41) is 5.49. The Morgan fingerprint density at radius 3 is 3.06 bits per heavy atom. The number of fused-ring (bicyclic) bond motifs is 1. The first-order valence-electron chi connectivity index (χ1n) is 5.95. The maximum absolute atomic E-state index is 4.62. The molecular formula is C12H19N3S. The van der Waals surface area contributed by atoms with Gasteiger partial charge in [0.25, 0.3) is 0 Å². The van der Waals surface area contributed by atoms with Gasteiger partial charge in [-0.15, -0.1) is 11.3 Å². The third-order valence-electron chi connectivity index (χ3n) is 2.90. The lowest BCUT2D eigenvalue weighted by atomic mass is 10.0. The fourth-order valence-corrected chi connectivity index (χ4v) is 2.60. The van der Waals surface area contributed by atoms with Gasteiger partial charge >= 0.3 is 0 Å². The second-order valence-corrected chi connectivity index (χ2v) is 4.98. The van der Waals surface area contributed by atoms with E-state index in [2.05, 4.69) is 46.3 Å². The highest BCUT2D eigenvalue weighted by Crippen LogP contribution is 2.15. The summed E-state index contributed by atoms with van der Waals surface area (Å²) in [5.74, 6) is 0.699. The molecule has 0 aliphatic rings. The maximum Gasteiger partial charge on any atom is 0.193 e. The van der Waals surface area contributed by atoms with Crippen LogP contribution in [0, 0.1) is 5.92 Å². The van der Waals surface area contributed by atoms with E-state index in [1.807, 2.05) is 0 Å². The molecule has 1 unspecified atom stereocenters. The Balaban J connectivity index is 1.99. The van der Waals surface area contributed by atoms with E-state index in [-0.39, 0.29) is 0 Å². The van der Waals surface area contributed by atoms with E-state index >= 15 is 0 Å². The van der Waals surface area contributed by atoms with Gasteiger partial charge in [-0.3, -0.25) is 4.40 Å². The number of thiazole rings is 1. The van der Waals surface area contributed by atoms with Gasteiger partial charge in [-0.1, -0.05) is 20.3 Å². The summed E-state index contributed by atoms with van der Waals surface area (Å²) in [6.45, 7) is 6.55. The summed E-state index contributed by atoms with van der Waals surface area (Å²) in [5.41, 5.74) is 1.22. The molecule has 1 atom stereocenters. The molecule has 2 heterocycles. The molecule has 0 aliphatic heterocycles. The minimum absolute atomic E-state index is 0.699. The van der Waals surface area contributed by atoms with Crippen LogP contribution in [0.3, 0.4) is 0 Å². The highest BCUT2D eigenvalue weighted by Gasteiger charge is 2.10. The SMILES string of the molecule is CCNCC(CC)Cc1cn2ccsc2n1. The molecule has 3 nitrogen and oxygen atoms in total. The van der Waals surface area contributed by atoms with Crippen molar-refractivity contribution in [2.24, 2.45) is 5.92 Å². The zero-order valence-corrected chi connectivity index (χ0v) is 10.8. The largest absolute Gasteiger partial charge is 0.317 e. The summed E-state index contributed by atoms with van der Waals surface area (Å²) in [6.07, 6.45) is 6.51. The molecule has 0 aliphatic carbocycles. The van der Waals surface area contributed by atoms with E-state index in [9.17, 15) is 0 Å². The smallest absolute Gasteiger partial charge is 0.193 e. The lowest BCUT2D eigenvalue weighted by Gasteiger charge is -2.13. The van der Waals surface area contributed by atoms with Crippen LogP contribution in [0.2, 0.25) is 0 Å². The van der Waals surface area contributed by atoms with Crippen LogP contribution in [0.25, 0.3) is 4.96 Å². The minimum Gasteiger partial charge on any atom is -0.317 e. The molecule has 88 valence electrons. The predicted octanol–water partition coefficient (Wildman–Crippen LogP) is 2.57. The Labute approximate surface area is 101 Å². The number of imidazole rings is 1. The van der Waals surface area contributed by atoms with Crippen molar-refractivity contribution in [2.75, 3.05) is 13.1 Å². The normalized spacial score (nSPS) is 13.4. The van der Waals surface area contributed by atoms with Gasteiger partial charge in [-0.2, -0.15) is 0 Å². The first-order valence-corrected chi connectivity index (χ1v) is 6.83. The molecular weight excluding hydrogens is 218 g/mol. The Morgan fingerprint density at radius 2 is 2.38 bits per heavy atom. The van der Waals surface area contributed by atoms with Gasteiger partial charge in [0, 0.05) is 17.8 Å². The Morgan fingerprint density at radius 1 is 1.50 bits per heavy atom. The fraction of sp³-hybridized carbons (Fsp3) is 0.583. The summed E-state index contributed by atoms with van der Waals surface area (Å²) < 4.78 is 2.11. The third kappa shape index (κ3) is 2.62. The van der Waals surface area contributed by atoms with Crippen LogP contribution in [0.1, 0.15) is 26.0 Å². The molecule has 0 fully saturated rings. The molecule has 0 radical (unpaired) electrons.